The minimum atomic E-state index is 0.122. The van der Waals surface area contributed by atoms with E-state index in [1.807, 2.05) is 60.7 Å². The molecule has 10 nitrogen and oxygen atoms in total. The number of aliphatic hydroxyl groups excluding tert-OH is 2. The Hall–Kier alpha value is -3.73. The van der Waals surface area contributed by atoms with E-state index in [1.165, 1.54) is 6.33 Å². The van der Waals surface area contributed by atoms with E-state index in [-0.39, 0.29) is 18.5 Å². The first kappa shape index (κ1) is 25.9. The third kappa shape index (κ3) is 8.85. The van der Waals surface area contributed by atoms with Crippen LogP contribution in [0.5, 0.6) is 0 Å². The largest absolute Gasteiger partial charge is 0.396 e. The van der Waals surface area contributed by atoms with Gasteiger partial charge in [0.2, 0.25) is 17.2 Å². The summed E-state index contributed by atoms with van der Waals surface area (Å²) in [6.45, 7) is 1.51. The summed E-state index contributed by atoms with van der Waals surface area (Å²) in [6.07, 6.45) is 2.78. The molecule has 0 bridgehead atoms. The van der Waals surface area contributed by atoms with Crippen molar-refractivity contribution in [2.75, 3.05) is 36.9 Å². The number of nitrogens with one attached hydrogen (secondary N) is 2. The third-order valence-electron chi connectivity index (χ3n) is 4.48. The van der Waals surface area contributed by atoms with Crippen molar-refractivity contribution >= 4 is 23.5 Å². The standard InChI is InChI=1S/C12H13ClN4O.C12H14N4O/c13-11-15-10(9-5-2-1-3-6-9)16-12(17-11)14-7-4-8-18;17-8-4-7-13-12-15-9-14-11(16-12)10-5-2-1-3-6-10/h1-3,5-6,18H,4,7-8H2,(H,14,15,16,17);1-3,5-6,9,17H,4,7-8H2,(H,13,14,15,16). The maximum atomic E-state index is 8.71. The highest BCUT2D eigenvalue weighted by Crippen LogP contribution is 2.17. The number of hydrogen-bond acceptors (Lipinski definition) is 10. The Morgan fingerprint density at radius 2 is 1.17 bits per heavy atom. The number of aromatic nitrogens is 6. The van der Waals surface area contributed by atoms with E-state index in [0.717, 1.165) is 11.1 Å². The SMILES string of the molecule is OCCCNc1nc(Cl)nc(-c2ccccc2)n1.OCCCNc1ncnc(-c2ccccc2)n1. The fraction of sp³-hybridized carbons (Fsp3) is 0.250. The van der Waals surface area contributed by atoms with Crippen molar-refractivity contribution in [3.63, 3.8) is 0 Å². The number of benzene rings is 2. The Balaban J connectivity index is 0.000000196. The average molecular weight is 495 g/mol. The summed E-state index contributed by atoms with van der Waals surface area (Å²) in [5.41, 5.74) is 1.84. The van der Waals surface area contributed by atoms with E-state index >= 15 is 0 Å². The first-order valence-electron chi connectivity index (χ1n) is 11.1. The van der Waals surface area contributed by atoms with Crippen LogP contribution in [-0.4, -0.2) is 66.4 Å². The summed E-state index contributed by atoms with van der Waals surface area (Å²) in [7, 11) is 0. The van der Waals surface area contributed by atoms with Gasteiger partial charge in [0.25, 0.3) is 0 Å². The molecule has 4 rings (SSSR count). The normalized spacial score (nSPS) is 10.3. The maximum Gasteiger partial charge on any atom is 0.227 e. The first-order chi connectivity index (χ1) is 17.2. The van der Waals surface area contributed by atoms with Gasteiger partial charge in [0.15, 0.2) is 11.6 Å². The van der Waals surface area contributed by atoms with Gasteiger partial charge in [-0.25, -0.2) is 9.97 Å². The molecule has 0 aliphatic rings. The van der Waals surface area contributed by atoms with Gasteiger partial charge in [0.05, 0.1) is 0 Å². The molecule has 0 saturated heterocycles. The lowest BCUT2D eigenvalue weighted by atomic mass is 10.2. The average Bonchev–Trinajstić information content (AvgIpc) is 2.90. The van der Waals surface area contributed by atoms with E-state index in [0.29, 0.717) is 49.5 Å². The molecule has 35 heavy (non-hydrogen) atoms. The molecule has 2 aromatic carbocycles. The fourth-order valence-electron chi connectivity index (χ4n) is 2.81. The predicted octanol–water partition coefficient (Wildman–Crippen LogP) is 3.32. The predicted molar refractivity (Wildman–Crippen MR) is 136 cm³/mol. The van der Waals surface area contributed by atoms with Crippen molar-refractivity contribution in [3.8, 4) is 22.8 Å². The number of nitrogens with zero attached hydrogens (tertiary/aromatic N) is 6. The molecular weight excluding hydrogens is 468 g/mol. The topological polar surface area (TPSA) is 142 Å². The molecule has 0 spiro atoms. The van der Waals surface area contributed by atoms with Crippen LogP contribution >= 0.6 is 11.6 Å². The molecule has 0 amide bonds. The van der Waals surface area contributed by atoms with Crippen molar-refractivity contribution in [3.05, 3.63) is 72.3 Å². The zero-order valence-corrected chi connectivity index (χ0v) is 19.8. The van der Waals surface area contributed by atoms with Crippen LogP contribution in [0, 0.1) is 0 Å². The summed E-state index contributed by atoms with van der Waals surface area (Å²) in [5, 5.41) is 23.6. The van der Waals surface area contributed by atoms with Crippen LogP contribution in [0.25, 0.3) is 22.8 Å². The Bertz CT molecular complexity index is 1150. The quantitative estimate of drug-likeness (QED) is 0.242. The van der Waals surface area contributed by atoms with E-state index < -0.39 is 0 Å². The van der Waals surface area contributed by atoms with Crippen LogP contribution in [0.1, 0.15) is 12.8 Å². The zero-order valence-electron chi connectivity index (χ0n) is 19.0. The molecule has 0 aliphatic carbocycles. The summed E-state index contributed by atoms with van der Waals surface area (Å²) < 4.78 is 0. The van der Waals surface area contributed by atoms with Crippen molar-refractivity contribution in [2.45, 2.75) is 12.8 Å². The van der Waals surface area contributed by atoms with Crippen LogP contribution in [0.2, 0.25) is 5.28 Å². The smallest absolute Gasteiger partial charge is 0.227 e. The first-order valence-corrected chi connectivity index (χ1v) is 11.5. The zero-order chi connectivity index (χ0) is 24.7. The van der Waals surface area contributed by atoms with Crippen molar-refractivity contribution < 1.29 is 10.2 Å². The second kappa shape index (κ2) is 14.5. The van der Waals surface area contributed by atoms with Gasteiger partial charge in [0, 0.05) is 37.4 Å². The Kier molecular flexibility index (Phi) is 10.7. The fourth-order valence-corrected chi connectivity index (χ4v) is 2.97. The van der Waals surface area contributed by atoms with E-state index in [9.17, 15) is 0 Å². The van der Waals surface area contributed by atoms with Crippen molar-refractivity contribution in [2.24, 2.45) is 0 Å². The summed E-state index contributed by atoms with van der Waals surface area (Å²) in [6, 6.07) is 19.3. The van der Waals surface area contributed by atoms with Gasteiger partial charge >= 0.3 is 0 Å². The molecular formula is C24H27ClN8O2. The number of halogens is 1. The maximum absolute atomic E-state index is 8.71. The number of anilines is 2. The summed E-state index contributed by atoms with van der Waals surface area (Å²) in [5.74, 6) is 2.13. The van der Waals surface area contributed by atoms with Crippen LogP contribution < -0.4 is 10.6 Å². The van der Waals surface area contributed by atoms with Crippen LogP contribution in [0.4, 0.5) is 11.9 Å². The third-order valence-corrected chi connectivity index (χ3v) is 4.65. The van der Waals surface area contributed by atoms with Crippen molar-refractivity contribution in [1.29, 1.82) is 0 Å². The summed E-state index contributed by atoms with van der Waals surface area (Å²) >= 11 is 5.86. The monoisotopic (exact) mass is 494 g/mol. The molecule has 11 heteroatoms. The van der Waals surface area contributed by atoms with Gasteiger partial charge in [-0.15, -0.1) is 0 Å². The molecule has 4 aromatic rings. The van der Waals surface area contributed by atoms with Crippen LogP contribution in [-0.2, 0) is 0 Å². The van der Waals surface area contributed by atoms with Gasteiger partial charge < -0.3 is 20.8 Å². The highest BCUT2D eigenvalue weighted by Gasteiger charge is 2.06. The van der Waals surface area contributed by atoms with Gasteiger partial charge in [-0.05, 0) is 24.4 Å². The van der Waals surface area contributed by atoms with Gasteiger partial charge in [-0.1, -0.05) is 60.7 Å². The minimum Gasteiger partial charge on any atom is -0.396 e. The molecule has 0 fully saturated rings. The lowest BCUT2D eigenvalue weighted by Crippen LogP contribution is -2.08. The van der Waals surface area contributed by atoms with Crippen LogP contribution in [0.3, 0.4) is 0 Å². The van der Waals surface area contributed by atoms with Gasteiger partial charge in [-0.3, -0.25) is 0 Å². The summed E-state index contributed by atoms with van der Waals surface area (Å²) in [4.78, 5) is 24.8. The Morgan fingerprint density at radius 3 is 1.77 bits per heavy atom. The molecule has 0 aliphatic heterocycles. The second-order valence-electron chi connectivity index (χ2n) is 7.12. The number of hydrogen-bond donors (Lipinski definition) is 4. The molecule has 0 atom stereocenters. The Labute approximate surface area is 208 Å². The Morgan fingerprint density at radius 1 is 0.629 bits per heavy atom. The van der Waals surface area contributed by atoms with E-state index in [4.69, 9.17) is 21.8 Å². The second-order valence-corrected chi connectivity index (χ2v) is 7.46. The van der Waals surface area contributed by atoms with Gasteiger partial charge in [-0.2, -0.15) is 19.9 Å². The molecule has 0 unspecified atom stereocenters. The highest BCUT2D eigenvalue weighted by molar-refractivity contribution is 6.28. The molecule has 2 aromatic heterocycles. The van der Waals surface area contributed by atoms with Gasteiger partial charge in [0.1, 0.15) is 6.33 Å². The van der Waals surface area contributed by atoms with E-state index in [2.05, 4.69) is 40.5 Å². The lowest BCUT2D eigenvalue weighted by Gasteiger charge is -2.06. The molecule has 2 heterocycles. The highest BCUT2D eigenvalue weighted by atomic mass is 35.5. The van der Waals surface area contributed by atoms with Crippen molar-refractivity contribution in [1.82, 2.24) is 29.9 Å². The number of rotatable bonds is 10. The van der Waals surface area contributed by atoms with E-state index in [1.54, 1.807) is 0 Å². The molecule has 0 saturated carbocycles. The van der Waals surface area contributed by atoms with Crippen LogP contribution in [0.15, 0.2) is 67.0 Å². The minimum absolute atomic E-state index is 0.122. The number of aliphatic hydroxyl groups is 2. The molecule has 182 valence electrons. The lowest BCUT2D eigenvalue weighted by molar-refractivity contribution is 0.292. The molecule has 4 N–H and O–H groups in total. The molecule has 0 radical (unpaired) electrons.